The van der Waals surface area contributed by atoms with Crippen LogP contribution >= 0.6 is 0 Å². The number of hydrogen-bond donors (Lipinski definition) is 1. The minimum atomic E-state index is -0.397. The number of rotatable bonds is 7. The third-order valence-corrected chi connectivity index (χ3v) is 4.03. The van der Waals surface area contributed by atoms with Crippen molar-refractivity contribution >= 4 is 29.2 Å². The molecule has 0 atom stereocenters. The van der Waals surface area contributed by atoms with Crippen LogP contribution in [0.5, 0.6) is 0 Å². The smallest absolute Gasteiger partial charge is 0.338 e. The number of carbonyl (C=O) groups excluding carboxylic acids is 3. The Hall–Kier alpha value is -3.15. The fourth-order valence-electron chi connectivity index (χ4n) is 2.65. The summed E-state index contributed by atoms with van der Waals surface area (Å²) >= 11 is 0. The van der Waals surface area contributed by atoms with Gasteiger partial charge < -0.3 is 15.0 Å². The number of para-hydroxylation sites is 1. The standard InChI is InChI=1S/C21H24N2O4/c1-4-27-21(26)17-9-11-18(12-10-17)22-20(25)13-14-23(16(3)24)19-8-6-5-7-15(19)2/h5-12H,4,13-14H2,1-3H3,(H,22,25). The molecule has 0 spiro atoms. The van der Waals surface area contributed by atoms with Crippen molar-refractivity contribution in [1.82, 2.24) is 0 Å². The minimum Gasteiger partial charge on any atom is -0.462 e. The number of nitrogens with one attached hydrogen (secondary N) is 1. The number of esters is 1. The predicted molar refractivity (Wildman–Crippen MR) is 105 cm³/mol. The highest BCUT2D eigenvalue weighted by molar-refractivity contribution is 5.96. The fraction of sp³-hybridized carbons (Fsp3) is 0.286. The summed E-state index contributed by atoms with van der Waals surface area (Å²) in [6.45, 7) is 5.75. The zero-order valence-corrected chi connectivity index (χ0v) is 15.8. The van der Waals surface area contributed by atoms with Crippen LogP contribution in [0.3, 0.4) is 0 Å². The van der Waals surface area contributed by atoms with E-state index in [0.717, 1.165) is 11.3 Å². The molecule has 6 nitrogen and oxygen atoms in total. The summed E-state index contributed by atoms with van der Waals surface area (Å²) in [5.74, 6) is -0.722. The lowest BCUT2D eigenvalue weighted by Crippen LogP contribution is -2.32. The summed E-state index contributed by atoms with van der Waals surface area (Å²) in [5, 5.41) is 2.77. The highest BCUT2D eigenvalue weighted by Gasteiger charge is 2.15. The molecule has 2 aromatic carbocycles. The van der Waals surface area contributed by atoms with E-state index in [-0.39, 0.29) is 24.8 Å². The van der Waals surface area contributed by atoms with E-state index in [1.54, 1.807) is 36.1 Å². The van der Waals surface area contributed by atoms with Gasteiger partial charge in [-0.2, -0.15) is 0 Å². The first-order valence-electron chi connectivity index (χ1n) is 8.83. The first-order chi connectivity index (χ1) is 12.9. The van der Waals surface area contributed by atoms with Gasteiger partial charge in [-0.25, -0.2) is 4.79 Å². The molecule has 0 bridgehead atoms. The van der Waals surface area contributed by atoms with Gasteiger partial charge in [0.25, 0.3) is 0 Å². The van der Waals surface area contributed by atoms with Crippen LogP contribution in [0.15, 0.2) is 48.5 Å². The predicted octanol–water partition coefficient (Wildman–Crippen LogP) is 3.55. The molecule has 0 fully saturated rings. The van der Waals surface area contributed by atoms with E-state index in [1.807, 2.05) is 31.2 Å². The topological polar surface area (TPSA) is 75.7 Å². The summed E-state index contributed by atoms with van der Waals surface area (Å²) < 4.78 is 4.92. The summed E-state index contributed by atoms with van der Waals surface area (Å²) in [4.78, 5) is 37.4. The maximum Gasteiger partial charge on any atom is 0.338 e. The molecule has 0 aliphatic heterocycles. The number of aryl methyl sites for hydroxylation is 1. The first kappa shape index (κ1) is 20.2. The van der Waals surface area contributed by atoms with Gasteiger partial charge in [-0.05, 0) is 49.7 Å². The number of ether oxygens (including phenoxy) is 1. The van der Waals surface area contributed by atoms with Gasteiger partial charge >= 0.3 is 5.97 Å². The van der Waals surface area contributed by atoms with E-state index in [9.17, 15) is 14.4 Å². The number of carbonyl (C=O) groups is 3. The van der Waals surface area contributed by atoms with Crippen molar-refractivity contribution in [3.8, 4) is 0 Å². The van der Waals surface area contributed by atoms with E-state index in [4.69, 9.17) is 4.74 Å². The van der Waals surface area contributed by atoms with Crippen molar-refractivity contribution in [2.45, 2.75) is 27.2 Å². The van der Waals surface area contributed by atoms with E-state index in [1.165, 1.54) is 6.92 Å². The first-order valence-corrected chi connectivity index (χ1v) is 8.83. The van der Waals surface area contributed by atoms with Crippen LogP contribution in [0.4, 0.5) is 11.4 Å². The zero-order chi connectivity index (χ0) is 19.8. The third-order valence-electron chi connectivity index (χ3n) is 4.03. The molecule has 0 saturated heterocycles. The van der Waals surface area contributed by atoms with Crippen molar-refractivity contribution in [2.24, 2.45) is 0 Å². The second kappa shape index (κ2) is 9.52. The Balaban J connectivity index is 1.95. The van der Waals surface area contributed by atoms with Gasteiger partial charge in [0, 0.05) is 31.3 Å². The van der Waals surface area contributed by atoms with Crippen LogP contribution in [-0.2, 0) is 14.3 Å². The molecule has 2 amide bonds. The van der Waals surface area contributed by atoms with Gasteiger partial charge in [0.05, 0.1) is 12.2 Å². The third kappa shape index (κ3) is 5.67. The minimum absolute atomic E-state index is 0.115. The molecule has 0 saturated carbocycles. The molecule has 0 aliphatic rings. The van der Waals surface area contributed by atoms with Crippen molar-refractivity contribution < 1.29 is 19.1 Å². The zero-order valence-electron chi connectivity index (χ0n) is 15.8. The largest absolute Gasteiger partial charge is 0.462 e. The number of anilines is 2. The molecular formula is C21H24N2O4. The van der Waals surface area contributed by atoms with Crippen molar-refractivity contribution in [1.29, 1.82) is 0 Å². The maximum absolute atomic E-state index is 12.2. The van der Waals surface area contributed by atoms with Crippen LogP contribution in [-0.4, -0.2) is 30.9 Å². The van der Waals surface area contributed by atoms with E-state index >= 15 is 0 Å². The number of benzene rings is 2. The quantitative estimate of drug-likeness (QED) is 0.758. The van der Waals surface area contributed by atoms with Gasteiger partial charge in [0.2, 0.25) is 11.8 Å². The van der Waals surface area contributed by atoms with Crippen LogP contribution in [0.1, 0.15) is 36.2 Å². The second-order valence-corrected chi connectivity index (χ2v) is 6.05. The van der Waals surface area contributed by atoms with Crippen molar-refractivity contribution in [2.75, 3.05) is 23.4 Å². The Labute approximate surface area is 159 Å². The molecule has 0 aromatic heterocycles. The highest BCUT2D eigenvalue weighted by atomic mass is 16.5. The van der Waals surface area contributed by atoms with Gasteiger partial charge in [-0.1, -0.05) is 18.2 Å². The molecule has 2 rings (SSSR count). The van der Waals surface area contributed by atoms with Crippen LogP contribution < -0.4 is 10.2 Å². The lowest BCUT2D eigenvalue weighted by Gasteiger charge is -2.22. The maximum atomic E-state index is 12.2. The molecule has 1 N–H and O–H groups in total. The van der Waals surface area contributed by atoms with Crippen molar-refractivity contribution in [3.05, 3.63) is 59.7 Å². The summed E-state index contributed by atoms with van der Waals surface area (Å²) in [6, 6.07) is 14.1. The average Bonchev–Trinajstić information content (AvgIpc) is 2.64. The molecular weight excluding hydrogens is 344 g/mol. The molecule has 0 aliphatic carbocycles. The Bertz CT molecular complexity index is 815. The molecule has 27 heavy (non-hydrogen) atoms. The Morgan fingerprint density at radius 1 is 1.04 bits per heavy atom. The monoisotopic (exact) mass is 368 g/mol. The Morgan fingerprint density at radius 2 is 1.70 bits per heavy atom. The fourth-order valence-corrected chi connectivity index (χ4v) is 2.65. The summed E-state index contributed by atoms with van der Waals surface area (Å²) in [5.41, 5.74) is 2.79. The van der Waals surface area contributed by atoms with Crippen LogP contribution in [0, 0.1) is 6.92 Å². The highest BCUT2D eigenvalue weighted by Crippen LogP contribution is 2.20. The van der Waals surface area contributed by atoms with Crippen molar-refractivity contribution in [3.63, 3.8) is 0 Å². The van der Waals surface area contributed by atoms with Gasteiger partial charge in [-0.3, -0.25) is 9.59 Å². The van der Waals surface area contributed by atoms with Gasteiger partial charge in [0.1, 0.15) is 0 Å². The van der Waals surface area contributed by atoms with E-state index < -0.39 is 5.97 Å². The lowest BCUT2D eigenvalue weighted by molar-refractivity contribution is -0.117. The van der Waals surface area contributed by atoms with E-state index in [2.05, 4.69) is 5.32 Å². The molecule has 0 radical (unpaired) electrons. The average molecular weight is 368 g/mol. The van der Waals surface area contributed by atoms with Crippen LogP contribution in [0.2, 0.25) is 0 Å². The Morgan fingerprint density at radius 3 is 2.30 bits per heavy atom. The van der Waals surface area contributed by atoms with Gasteiger partial charge in [-0.15, -0.1) is 0 Å². The molecule has 0 heterocycles. The molecule has 142 valence electrons. The Kier molecular flexibility index (Phi) is 7.11. The SMILES string of the molecule is CCOC(=O)c1ccc(NC(=O)CCN(C(C)=O)c2ccccc2C)cc1. The molecule has 6 heteroatoms. The summed E-state index contributed by atoms with van der Waals surface area (Å²) in [7, 11) is 0. The number of amides is 2. The lowest BCUT2D eigenvalue weighted by atomic mass is 10.1. The number of nitrogens with zero attached hydrogens (tertiary/aromatic N) is 1. The number of hydrogen-bond acceptors (Lipinski definition) is 4. The van der Waals surface area contributed by atoms with Crippen LogP contribution in [0.25, 0.3) is 0 Å². The van der Waals surface area contributed by atoms with E-state index in [0.29, 0.717) is 17.9 Å². The molecule has 0 unspecified atom stereocenters. The second-order valence-electron chi connectivity index (χ2n) is 6.05. The summed E-state index contributed by atoms with van der Waals surface area (Å²) in [6.07, 6.45) is 0.160. The molecule has 2 aromatic rings. The normalized spacial score (nSPS) is 10.2. The van der Waals surface area contributed by atoms with Gasteiger partial charge in [0.15, 0.2) is 0 Å².